The van der Waals surface area contributed by atoms with Crippen molar-refractivity contribution in [2.75, 3.05) is 0 Å². The van der Waals surface area contributed by atoms with E-state index in [0.717, 1.165) is 5.56 Å². The van der Waals surface area contributed by atoms with E-state index in [0.29, 0.717) is 41.4 Å². The minimum absolute atomic E-state index is 0.0390. The minimum Gasteiger partial charge on any atom is -0.420 e. The molecule has 0 aliphatic carbocycles. The molecule has 2 aliphatic heterocycles. The molecule has 14 heteroatoms. The Morgan fingerprint density at radius 1 is 0.778 bits per heavy atom. The van der Waals surface area contributed by atoms with Gasteiger partial charge in [-0.1, -0.05) is 36.4 Å². The van der Waals surface area contributed by atoms with Crippen molar-refractivity contribution in [2.24, 2.45) is 0 Å². The van der Waals surface area contributed by atoms with Crippen molar-refractivity contribution in [2.45, 2.75) is 38.5 Å². The molecule has 0 radical (unpaired) electrons. The van der Waals surface area contributed by atoms with E-state index in [1.165, 1.54) is 0 Å². The molecule has 3 aromatic carbocycles. The number of amides is 4. The largest absolute Gasteiger partial charge is 0.420 e. The van der Waals surface area contributed by atoms with Crippen LogP contribution in [0.4, 0.5) is 0 Å². The highest BCUT2D eigenvalue weighted by Gasteiger charge is 2.32. The summed E-state index contributed by atoms with van der Waals surface area (Å²) in [5.74, 6) is -3.00. The molecule has 12 nitrogen and oxygen atoms in total. The van der Waals surface area contributed by atoms with Crippen LogP contribution in [0.2, 0.25) is 0 Å². The summed E-state index contributed by atoms with van der Waals surface area (Å²) in [6.07, 6.45) is 0.601. The number of fused-ring (bicyclic) bond motifs is 2. The van der Waals surface area contributed by atoms with Crippen molar-refractivity contribution in [3.63, 3.8) is 0 Å². The lowest BCUT2D eigenvalue weighted by atomic mass is 10.0. The van der Waals surface area contributed by atoms with E-state index in [4.69, 9.17) is 14.8 Å². The number of aromatic nitrogens is 1. The summed E-state index contributed by atoms with van der Waals surface area (Å²) in [4.78, 5) is 78.9. The first kappa shape index (κ1) is 31.9. The van der Waals surface area contributed by atoms with Crippen LogP contribution in [0, 0.1) is 0 Å². The lowest BCUT2D eigenvalue weighted by Crippen LogP contribution is -2.32. The number of esters is 1. The predicted molar refractivity (Wildman–Crippen MR) is 164 cm³/mol. The Morgan fingerprint density at radius 3 is 1.76 bits per heavy atom. The third kappa shape index (κ3) is 7.08. The second-order valence-electron chi connectivity index (χ2n) is 9.94. The Labute approximate surface area is 272 Å². The molecule has 0 unspecified atom stereocenters. The first-order valence-electron chi connectivity index (χ1n) is 13.6. The van der Waals surface area contributed by atoms with Gasteiger partial charge in [-0.3, -0.25) is 24.4 Å². The zero-order valence-electron chi connectivity index (χ0n) is 23.3. The molecular formula is C31H23Br2N3O9. The highest BCUT2D eigenvalue weighted by molar-refractivity contribution is 9.11. The molecule has 6 rings (SSSR count). The lowest BCUT2D eigenvalue weighted by molar-refractivity contribution is -0.197. The van der Waals surface area contributed by atoms with Gasteiger partial charge in [0.15, 0.2) is 5.75 Å². The van der Waals surface area contributed by atoms with Crippen LogP contribution in [0.15, 0.2) is 69.6 Å². The normalized spacial score (nSPS) is 14.6. The standard InChI is InChI=1S/C27H18Br2N2O6.C4H5NO3/c28-18-13-15(9-12-24(34)37-31-22(32)10-11-23(31)33)14-19(29)26(18)36-27(35)25-16-5-1-3-7-20(16)30-21-8-4-2-6-17(21)25;6-3-1-2-4(7)5(3)8/h1-8,13-14H,9-12H2;8H,1-2H2. The highest BCUT2D eigenvalue weighted by Crippen LogP contribution is 2.37. The van der Waals surface area contributed by atoms with E-state index >= 15 is 0 Å². The van der Waals surface area contributed by atoms with E-state index in [9.17, 15) is 28.8 Å². The van der Waals surface area contributed by atoms with Crippen LogP contribution in [0.5, 0.6) is 5.75 Å². The molecule has 3 heterocycles. The van der Waals surface area contributed by atoms with Crippen molar-refractivity contribution in [3.8, 4) is 5.75 Å². The summed E-state index contributed by atoms with van der Waals surface area (Å²) >= 11 is 6.92. The van der Waals surface area contributed by atoms with Crippen LogP contribution in [-0.4, -0.2) is 55.9 Å². The maximum Gasteiger partial charge on any atom is 0.344 e. The van der Waals surface area contributed by atoms with E-state index in [-0.39, 0.29) is 49.3 Å². The van der Waals surface area contributed by atoms with Crippen molar-refractivity contribution in [1.82, 2.24) is 15.1 Å². The van der Waals surface area contributed by atoms with Gasteiger partial charge in [-0.05, 0) is 68.1 Å². The van der Waals surface area contributed by atoms with Crippen LogP contribution >= 0.6 is 31.9 Å². The summed E-state index contributed by atoms with van der Waals surface area (Å²) in [7, 11) is 0. The molecule has 2 saturated heterocycles. The van der Waals surface area contributed by atoms with Gasteiger partial charge in [0.2, 0.25) is 0 Å². The second-order valence-corrected chi connectivity index (χ2v) is 11.7. The number of hydrogen-bond donors (Lipinski definition) is 1. The number of carbonyl (C=O) groups excluding carboxylic acids is 6. The van der Waals surface area contributed by atoms with Crippen molar-refractivity contribution in [1.29, 1.82) is 0 Å². The number of hydrogen-bond acceptors (Lipinski definition) is 10. The first-order valence-corrected chi connectivity index (χ1v) is 15.2. The molecule has 2 fully saturated rings. The van der Waals surface area contributed by atoms with E-state index in [2.05, 4.69) is 36.8 Å². The van der Waals surface area contributed by atoms with E-state index in [1.54, 1.807) is 12.1 Å². The number of para-hydroxylation sites is 2. The van der Waals surface area contributed by atoms with Crippen molar-refractivity contribution in [3.05, 3.63) is 80.7 Å². The number of aryl methyl sites for hydroxylation is 1. The molecular weight excluding hydrogens is 718 g/mol. The smallest absolute Gasteiger partial charge is 0.344 e. The van der Waals surface area contributed by atoms with E-state index in [1.807, 2.05) is 48.5 Å². The second kappa shape index (κ2) is 13.6. The molecule has 230 valence electrons. The fraction of sp³-hybridized carbons (Fsp3) is 0.194. The Kier molecular flexibility index (Phi) is 9.65. The molecule has 0 atom stereocenters. The molecule has 2 aliphatic rings. The van der Waals surface area contributed by atoms with Gasteiger partial charge < -0.3 is 9.57 Å². The van der Waals surface area contributed by atoms with Gasteiger partial charge in [0, 0.05) is 36.5 Å². The van der Waals surface area contributed by atoms with Gasteiger partial charge >= 0.3 is 11.9 Å². The number of carbonyl (C=O) groups is 6. The van der Waals surface area contributed by atoms with Crippen molar-refractivity contribution >= 4 is 89.2 Å². The Hall–Kier alpha value is -4.53. The number of ether oxygens (including phenoxy) is 1. The quantitative estimate of drug-likeness (QED) is 0.0916. The molecule has 1 aromatic heterocycles. The summed E-state index contributed by atoms with van der Waals surface area (Å²) in [6.45, 7) is 0. The Morgan fingerprint density at radius 2 is 1.27 bits per heavy atom. The summed E-state index contributed by atoms with van der Waals surface area (Å²) in [5, 5.41) is 10.5. The molecule has 0 bridgehead atoms. The van der Waals surface area contributed by atoms with Gasteiger partial charge in [0.1, 0.15) is 0 Å². The molecule has 0 spiro atoms. The maximum absolute atomic E-state index is 13.5. The number of pyridine rings is 1. The average Bonchev–Trinajstić information content (AvgIpc) is 3.50. The van der Waals surface area contributed by atoms with Gasteiger partial charge in [-0.15, -0.1) is 5.06 Å². The van der Waals surface area contributed by atoms with E-state index < -0.39 is 35.6 Å². The van der Waals surface area contributed by atoms with Crippen LogP contribution < -0.4 is 4.74 Å². The van der Waals surface area contributed by atoms with Crippen LogP contribution in [0.1, 0.15) is 48.0 Å². The van der Waals surface area contributed by atoms with Crippen LogP contribution in [-0.2, 0) is 35.2 Å². The SMILES string of the molecule is O=C(CCc1cc(Br)c(OC(=O)c2c3ccccc3nc3ccccc23)c(Br)c1)ON1C(=O)CCC1=O.O=C1CCC(=O)N1O. The minimum atomic E-state index is -0.692. The Balaban J connectivity index is 0.000000436. The van der Waals surface area contributed by atoms with Gasteiger partial charge in [0.05, 0.1) is 32.0 Å². The number of halogens is 2. The van der Waals surface area contributed by atoms with Crippen LogP contribution in [0.3, 0.4) is 0 Å². The molecule has 1 N–H and O–H groups in total. The predicted octanol–water partition coefficient (Wildman–Crippen LogP) is 5.20. The third-order valence-electron chi connectivity index (χ3n) is 6.89. The fourth-order valence-electron chi connectivity index (χ4n) is 4.67. The maximum atomic E-state index is 13.5. The van der Waals surface area contributed by atoms with Gasteiger partial charge in [-0.25, -0.2) is 14.6 Å². The Bertz CT molecular complexity index is 1790. The summed E-state index contributed by atoms with van der Waals surface area (Å²) in [6, 6.07) is 18.2. The number of nitrogens with zero attached hydrogens (tertiary/aromatic N) is 3. The monoisotopic (exact) mass is 739 g/mol. The van der Waals surface area contributed by atoms with Crippen LogP contribution in [0.25, 0.3) is 21.8 Å². The topological polar surface area (TPSA) is 160 Å². The number of rotatable bonds is 6. The average molecular weight is 741 g/mol. The summed E-state index contributed by atoms with van der Waals surface area (Å²) in [5.41, 5.74) is 2.53. The fourth-order valence-corrected chi connectivity index (χ4v) is 6.12. The first-order chi connectivity index (χ1) is 21.5. The zero-order valence-corrected chi connectivity index (χ0v) is 26.5. The molecule has 4 amide bonds. The van der Waals surface area contributed by atoms with Gasteiger partial charge in [-0.2, -0.15) is 5.06 Å². The summed E-state index contributed by atoms with van der Waals surface area (Å²) < 4.78 is 6.85. The highest BCUT2D eigenvalue weighted by atomic mass is 79.9. The molecule has 0 saturated carbocycles. The molecule has 45 heavy (non-hydrogen) atoms. The third-order valence-corrected chi connectivity index (χ3v) is 8.06. The zero-order chi connectivity index (χ0) is 32.2. The molecule has 4 aromatic rings. The number of hydroxylamine groups is 4. The van der Waals surface area contributed by atoms with Crippen molar-refractivity contribution < 1.29 is 43.5 Å². The lowest BCUT2D eigenvalue weighted by Gasteiger charge is -2.14. The number of benzene rings is 3. The number of imide groups is 2. The van der Waals surface area contributed by atoms with Gasteiger partial charge in [0.25, 0.3) is 23.6 Å².